The highest BCUT2D eigenvalue weighted by molar-refractivity contribution is 6.32. The van der Waals surface area contributed by atoms with Crippen LogP contribution in [0.5, 0.6) is 5.75 Å². The third-order valence-electron chi connectivity index (χ3n) is 3.56. The lowest BCUT2D eigenvalue weighted by molar-refractivity contribution is -0.156. The van der Waals surface area contributed by atoms with Gasteiger partial charge in [0.25, 0.3) is 5.91 Å². The number of para-hydroxylation sites is 1. The van der Waals surface area contributed by atoms with Gasteiger partial charge in [0.15, 0.2) is 12.7 Å². The number of ether oxygens (including phenoxy) is 2. The zero-order chi connectivity index (χ0) is 15.9. The van der Waals surface area contributed by atoms with Crippen LogP contribution in [-0.4, -0.2) is 30.6 Å². The van der Waals surface area contributed by atoms with Crippen molar-refractivity contribution in [1.29, 1.82) is 0 Å². The summed E-state index contributed by atoms with van der Waals surface area (Å²) in [6.45, 7) is 1.27. The van der Waals surface area contributed by atoms with Crippen LogP contribution in [0, 0.1) is 0 Å². The summed E-state index contributed by atoms with van der Waals surface area (Å²) in [4.78, 5) is 23.6. The van der Waals surface area contributed by atoms with Crippen LogP contribution in [0.25, 0.3) is 0 Å². The monoisotopic (exact) mass is 325 g/mol. The Labute approximate surface area is 134 Å². The zero-order valence-corrected chi connectivity index (χ0v) is 13.3. The molecule has 1 aromatic carbocycles. The lowest BCUT2D eigenvalue weighted by Gasteiger charge is -2.17. The molecule has 0 saturated heterocycles. The normalized spacial score (nSPS) is 16.1. The molecule has 1 aromatic rings. The molecule has 2 rings (SSSR count). The van der Waals surface area contributed by atoms with E-state index in [2.05, 4.69) is 5.32 Å². The van der Waals surface area contributed by atoms with Crippen molar-refractivity contribution < 1.29 is 19.1 Å². The number of rotatable bonds is 6. The second-order valence-corrected chi connectivity index (χ2v) is 5.75. The van der Waals surface area contributed by atoms with Gasteiger partial charge in [-0.05, 0) is 31.9 Å². The Morgan fingerprint density at radius 3 is 2.68 bits per heavy atom. The molecular weight excluding hydrogens is 306 g/mol. The van der Waals surface area contributed by atoms with Crippen molar-refractivity contribution in [3.63, 3.8) is 0 Å². The van der Waals surface area contributed by atoms with Crippen LogP contribution in [0.3, 0.4) is 0 Å². The highest BCUT2D eigenvalue weighted by atomic mass is 35.5. The fraction of sp³-hybridized carbons (Fsp3) is 0.500. The maximum Gasteiger partial charge on any atom is 0.344 e. The fourth-order valence-electron chi connectivity index (χ4n) is 2.37. The van der Waals surface area contributed by atoms with Gasteiger partial charge in [0.05, 0.1) is 5.02 Å². The van der Waals surface area contributed by atoms with Crippen LogP contribution in [0.15, 0.2) is 24.3 Å². The Hall–Kier alpha value is -1.75. The van der Waals surface area contributed by atoms with Gasteiger partial charge < -0.3 is 14.8 Å². The van der Waals surface area contributed by atoms with E-state index in [1.807, 2.05) is 0 Å². The molecule has 1 N–H and O–H groups in total. The van der Waals surface area contributed by atoms with Gasteiger partial charge in [0.2, 0.25) is 0 Å². The van der Waals surface area contributed by atoms with Crippen LogP contribution >= 0.6 is 11.6 Å². The van der Waals surface area contributed by atoms with E-state index in [0.717, 1.165) is 25.7 Å². The summed E-state index contributed by atoms with van der Waals surface area (Å²) >= 11 is 5.92. The summed E-state index contributed by atoms with van der Waals surface area (Å²) in [5, 5.41) is 3.31. The molecule has 5 nitrogen and oxygen atoms in total. The van der Waals surface area contributed by atoms with Crippen LogP contribution < -0.4 is 10.1 Å². The molecule has 1 aliphatic carbocycles. The minimum atomic E-state index is -0.831. The molecule has 0 bridgehead atoms. The first-order valence-electron chi connectivity index (χ1n) is 7.43. The van der Waals surface area contributed by atoms with Crippen molar-refractivity contribution in [3.8, 4) is 5.75 Å². The van der Waals surface area contributed by atoms with Crippen molar-refractivity contribution in [2.45, 2.75) is 44.8 Å². The number of esters is 1. The topological polar surface area (TPSA) is 64.6 Å². The molecule has 1 fully saturated rings. The van der Waals surface area contributed by atoms with E-state index in [4.69, 9.17) is 21.1 Å². The summed E-state index contributed by atoms with van der Waals surface area (Å²) in [6.07, 6.45) is 3.41. The highest BCUT2D eigenvalue weighted by Crippen LogP contribution is 2.23. The summed E-state index contributed by atoms with van der Waals surface area (Å²) in [7, 11) is 0. The summed E-state index contributed by atoms with van der Waals surface area (Å²) in [5.41, 5.74) is 0. The Morgan fingerprint density at radius 2 is 2.00 bits per heavy atom. The first-order chi connectivity index (χ1) is 10.6. The molecule has 0 spiro atoms. The Morgan fingerprint density at radius 1 is 1.32 bits per heavy atom. The number of halogens is 1. The molecule has 1 saturated carbocycles. The van der Waals surface area contributed by atoms with Crippen LogP contribution in [-0.2, 0) is 14.3 Å². The van der Waals surface area contributed by atoms with Gasteiger partial charge >= 0.3 is 5.97 Å². The number of carbonyl (C=O) groups excluding carboxylic acids is 2. The minimum absolute atomic E-state index is 0.202. The van der Waals surface area contributed by atoms with Crippen molar-refractivity contribution in [1.82, 2.24) is 5.32 Å². The molecule has 0 radical (unpaired) electrons. The molecule has 6 heteroatoms. The number of benzene rings is 1. The summed E-state index contributed by atoms with van der Waals surface area (Å²) in [5.74, 6) is -0.462. The van der Waals surface area contributed by atoms with Gasteiger partial charge in [-0.25, -0.2) is 4.79 Å². The largest absolute Gasteiger partial charge is 0.480 e. The van der Waals surface area contributed by atoms with E-state index < -0.39 is 12.1 Å². The van der Waals surface area contributed by atoms with Gasteiger partial charge in [0.1, 0.15) is 5.75 Å². The number of nitrogens with one attached hydrogen (secondary N) is 1. The average Bonchev–Trinajstić information content (AvgIpc) is 2.99. The predicted molar refractivity (Wildman–Crippen MR) is 82.9 cm³/mol. The first kappa shape index (κ1) is 16.6. The highest BCUT2D eigenvalue weighted by Gasteiger charge is 2.23. The Bertz CT molecular complexity index is 529. The molecule has 1 unspecified atom stereocenters. The molecule has 0 aromatic heterocycles. The van der Waals surface area contributed by atoms with E-state index in [-0.39, 0.29) is 18.6 Å². The standard InChI is InChI=1S/C16H20ClNO4/c1-11(16(20)18-12-6-2-3-7-12)22-15(19)10-21-14-9-5-4-8-13(14)17/h4-5,8-9,11-12H,2-3,6-7,10H2,1H3,(H,18,20). The molecular formula is C16H20ClNO4. The van der Waals surface area contributed by atoms with Crippen molar-refractivity contribution in [3.05, 3.63) is 29.3 Å². The SMILES string of the molecule is CC(OC(=O)COc1ccccc1Cl)C(=O)NC1CCCC1. The van der Waals surface area contributed by atoms with Gasteiger partial charge in [0, 0.05) is 6.04 Å². The number of amides is 1. The van der Waals surface area contributed by atoms with Crippen LogP contribution in [0.1, 0.15) is 32.6 Å². The predicted octanol–water partition coefficient (Wildman–Crippen LogP) is 2.71. The second kappa shape index (κ2) is 8.03. The van der Waals surface area contributed by atoms with Crippen LogP contribution in [0.4, 0.5) is 0 Å². The van der Waals surface area contributed by atoms with Crippen molar-refractivity contribution in [2.75, 3.05) is 6.61 Å². The Kier molecular flexibility index (Phi) is 6.07. The third kappa shape index (κ3) is 4.91. The second-order valence-electron chi connectivity index (χ2n) is 5.34. The maximum absolute atomic E-state index is 11.9. The van der Waals surface area contributed by atoms with E-state index in [1.54, 1.807) is 31.2 Å². The minimum Gasteiger partial charge on any atom is -0.480 e. The molecule has 1 amide bonds. The smallest absolute Gasteiger partial charge is 0.344 e. The number of hydrogen-bond acceptors (Lipinski definition) is 4. The summed E-state index contributed by atoms with van der Waals surface area (Å²) in [6, 6.07) is 7.05. The molecule has 0 aliphatic heterocycles. The molecule has 1 atom stereocenters. The van der Waals surface area contributed by atoms with Crippen LogP contribution in [0.2, 0.25) is 5.02 Å². The number of hydrogen-bond donors (Lipinski definition) is 1. The quantitative estimate of drug-likeness (QED) is 0.817. The first-order valence-corrected chi connectivity index (χ1v) is 7.81. The fourth-order valence-corrected chi connectivity index (χ4v) is 2.56. The average molecular weight is 326 g/mol. The third-order valence-corrected chi connectivity index (χ3v) is 3.87. The van der Waals surface area contributed by atoms with Gasteiger partial charge in [-0.2, -0.15) is 0 Å². The molecule has 22 heavy (non-hydrogen) atoms. The maximum atomic E-state index is 11.9. The molecule has 1 aliphatic rings. The number of carbonyl (C=O) groups is 2. The van der Waals surface area contributed by atoms with E-state index in [9.17, 15) is 9.59 Å². The van der Waals surface area contributed by atoms with E-state index >= 15 is 0 Å². The van der Waals surface area contributed by atoms with Gasteiger partial charge in [-0.1, -0.05) is 36.6 Å². The van der Waals surface area contributed by atoms with Crippen molar-refractivity contribution >= 4 is 23.5 Å². The molecule has 120 valence electrons. The lowest BCUT2D eigenvalue weighted by atomic mass is 10.2. The summed E-state index contributed by atoms with van der Waals surface area (Å²) < 4.78 is 10.3. The van der Waals surface area contributed by atoms with Crippen molar-refractivity contribution in [2.24, 2.45) is 0 Å². The van der Waals surface area contributed by atoms with E-state index in [1.165, 1.54) is 0 Å². The van der Waals surface area contributed by atoms with E-state index in [0.29, 0.717) is 10.8 Å². The lowest BCUT2D eigenvalue weighted by Crippen LogP contribution is -2.41. The van der Waals surface area contributed by atoms with Gasteiger partial charge in [-0.15, -0.1) is 0 Å². The molecule has 0 heterocycles. The Balaban J connectivity index is 1.73. The van der Waals surface area contributed by atoms with Gasteiger partial charge in [-0.3, -0.25) is 4.79 Å². The zero-order valence-electron chi connectivity index (χ0n) is 12.5.